The molecule has 13 heavy (non-hydrogen) atoms. The van der Waals surface area contributed by atoms with Crippen molar-refractivity contribution in [3.8, 4) is 0 Å². The van der Waals surface area contributed by atoms with Crippen LogP contribution in [0.15, 0.2) is 4.99 Å². The summed E-state index contributed by atoms with van der Waals surface area (Å²) in [6, 6.07) is -0.522. The van der Waals surface area contributed by atoms with E-state index in [2.05, 4.69) is 4.99 Å². The maximum atomic E-state index is 13.0. The first-order valence-corrected chi connectivity index (χ1v) is 4.50. The van der Waals surface area contributed by atoms with E-state index in [1.54, 1.807) is 0 Å². The average molecular weight is 189 g/mol. The van der Waals surface area contributed by atoms with Crippen molar-refractivity contribution in [2.75, 3.05) is 0 Å². The number of rotatable bonds is 2. The van der Waals surface area contributed by atoms with Crippen LogP contribution in [0.25, 0.3) is 0 Å². The molecule has 0 aromatic heterocycles. The molecule has 1 aliphatic rings. The fraction of sp³-hybridized carbons (Fsp3) is 0.889. The van der Waals surface area contributed by atoms with Crippen LogP contribution in [0.5, 0.6) is 0 Å². The topological polar surface area (TPSA) is 29.4 Å². The Bertz CT molecular complexity index is 218. The smallest absolute Gasteiger partial charge is 0.211 e. The number of carbonyl (C=O) groups excluding carboxylic acids is 1. The van der Waals surface area contributed by atoms with Crippen molar-refractivity contribution in [1.29, 1.82) is 0 Å². The van der Waals surface area contributed by atoms with Gasteiger partial charge in [0.25, 0.3) is 0 Å². The second-order valence-corrected chi connectivity index (χ2v) is 3.63. The van der Waals surface area contributed by atoms with E-state index >= 15 is 0 Å². The highest BCUT2D eigenvalue weighted by molar-refractivity contribution is 5.33. The summed E-state index contributed by atoms with van der Waals surface area (Å²) in [6.45, 7) is 0.899. The van der Waals surface area contributed by atoms with Crippen LogP contribution in [0.3, 0.4) is 0 Å². The Morgan fingerprint density at radius 1 is 1.38 bits per heavy atom. The summed E-state index contributed by atoms with van der Waals surface area (Å²) in [5, 5.41) is 0. The van der Waals surface area contributed by atoms with Crippen LogP contribution in [-0.4, -0.2) is 18.0 Å². The lowest BCUT2D eigenvalue weighted by molar-refractivity contribution is -0.0599. The standard InChI is InChI=1S/C9H13F2NO/c1-9(10,11)7-4-2-3-5-8(7)12-6-13/h7-8H,2-5H2,1H3. The van der Waals surface area contributed by atoms with Crippen molar-refractivity contribution in [2.24, 2.45) is 10.9 Å². The quantitative estimate of drug-likeness (QED) is 0.484. The summed E-state index contributed by atoms with van der Waals surface area (Å²) in [6.07, 6.45) is 4.11. The minimum absolute atomic E-state index is 0.458. The number of isocyanates is 1. The maximum Gasteiger partial charge on any atom is 0.250 e. The van der Waals surface area contributed by atoms with E-state index in [4.69, 9.17) is 0 Å². The normalized spacial score (nSPS) is 29.5. The van der Waals surface area contributed by atoms with Crippen molar-refractivity contribution < 1.29 is 13.6 Å². The van der Waals surface area contributed by atoms with E-state index in [1.807, 2.05) is 0 Å². The lowest BCUT2D eigenvalue weighted by Crippen LogP contribution is -2.36. The van der Waals surface area contributed by atoms with E-state index in [1.165, 1.54) is 6.08 Å². The number of halogens is 2. The highest BCUT2D eigenvalue weighted by Crippen LogP contribution is 2.37. The molecule has 0 heterocycles. The van der Waals surface area contributed by atoms with Crippen LogP contribution in [-0.2, 0) is 4.79 Å². The van der Waals surface area contributed by atoms with Crippen molar-refractivity contribution in [2.45, 2.75) is 44.6 Å². The van der Waals surface area contributed by atoms with E-state index in [9.17, 15) is 13.6 Å². The van der Waals surface area contributed by atoms with E-state index in [0.29, 0.717) is 12.8 Å². The van der Waals surface area contributed by atoms with Crippen LogP contribution in [0.2, 0.25) is 0 Å². The largest absolute Gasteiger partial charge is 0.250 e. The summed E-state index contributed by atoms with van der Waals surface area (Å²) in [5.41, 5.74) is 0. The molecule has 1 saturated carbocycles. The van der Waals surface area contributed by atoms with Gasteiger partial charge in [0.2, 0.25) is 12.0 Å². The van der Waals surface area contributed by atoms with Crippen molar-refractivity contribution in [1.82, 2.24) is 0 Å². The summed E-state index contributed by atoms with van der Waals surface area (Å²) < 4.78 is 26.0. The molecular weight excluding hydrogens is 176 g/mol. The van der Waals surface area contributed by atoms with Gasteiger partial charge in [0, 0.05) is 5.92 Å². The van der Waals surface area contributed by atoms with Gasteiger partial charge in [-0.1, -0.05) is 12.8 Å². The maximum absolute atomic E-state index is 13.0. The average Bonchev–Trinajstić information content (AvgIpc) is 2.04. The zero-order chi connectivity index (χ0) is 9.90. The molecule has 4 heteroatoms. The molecule has 0 radical (unpaired) electrons. The van der Waals surface area contributed by atoms with Gasteiger partial charge in [-0.25, -0.2) is 18.6 Å². The molecule has 2 unspecified atom stereocenters. The van der Waals surface area contributed by atoms with E-state index < -0.39 is 17.9 Å². The third kappa shape index (κ3) is 2.59. The summed E-state index contributed by atoms with van der Waals surface area (Å²) in [4.78, 5) is 13.5. The highest BCUT2D eigenvalue weighted by Gasteiger charge is 2.41. The third-order valence-corrected chi connectivity index (χ3v) is 2.60. The number of alkyl halides is 2. The first kappa shape index (κ1) is 10.3. The van der Waals surface area contributed by atoms with E-state index in [0.717, 1.165) is 19.8 Å². The molecule has 0 bridgehead atoms. The van der Waals surface area contributed by atoms with Gasteiger partial charge in [-0.2, -0.15) is 0 Å². The molecule has 1 rings (SSSR count). The predicted octanol–water partition coefficient (Wildman–Crippen LogP) is 2.54. The first-order chi connectivity index (χ1) is 6.05. The Morgan fingerprint density at radius 2 is 2.00 bits per heavy atom. The number of hydrogen-bond donors (Lipinski definition) is 0. The molecular formula is C9H13F2NO. The molecule has 1 aliphatic carbocycles. The van der Waals surface area contributed by atoms with Gasteiger partial charge in [0.15, 0.2) is 0 Å². The second-order valence-electron chi connectivity index (χ2n) is 3.63. The molecule has 2 atom stereocenters. The van der Waals surface area contributed by atoms with Gasteiger partial charge in [0.1, 0.15) is 0 Å². The fourth-order valence-electron chi connectivity index (χ4n) is 1.92. The molecule has 2 nitrogen and oxygen atoms in total. The molecule has 0 saturated heterocycles. The SMILES string of the molecule is CC(F)(F)C1CCCCC1N=C=O. The third-order valence-electron chi connectivity index (χ3n) is 2.60. The summed E-state index contributed by atoms with van der Waals surface area (Å²) in [5.74, 6) is -3.51. The van der Waals surface area contributed by atoms with Crippen molar-refractivity contribution >= 4 is 6.08 Å². The minimum Gasteiger partial charge on any atom is -0.211 e. The molecule has 0 aliphatic heterocycles. The number of hydrogen-bond acceptors (Lipinski definition) is 2. The number of nitrogens with zero attached hydrogens (tertiary/aromatic N) is 1. The number of aliphatic imine (C=N–C) groups is 1. The lowest BCUT2D eigenvalue weighted by atomic mass is 9.81. The van der Waals surface area contributed by atoms with Gasteiger partial charge >= 0.3 is 0 Å². The van der Waals surface area contributed by atoms with Crippen LogP contribution in [0, 0.1) is 5.92 Å². The summed E-state index contributed by atoms with van der Waals surface area (Å²) in [7, 11) is 0. The Balaban J connectivity index is 2.73. The molecule has 0 aromatic rings. The predicted molar refractivity (Wildman–Crippen MR) is 44.5 cm³/mol. The molecule has 0 spiro atoms. The Morgan fingerprint density at radius 3 is 2.54 bits per heavy atom. The van der Waals surface area contributed by atoms with Crippen LogP contribution < -0.4 is 0 Å². The fourth-order valence-corrected chi connectivity index (χ4v) is 1.92. The van der Waals surface area contributed by atoms with Crippen LogP contribution >= 0.6 is 0 Å². The zero-order valence-corrected chi connectivity index (χ0v) is 7.59. The molecule has 0 N–H and O–H groups in total. The minimum atomic E-state index is -2.73. The molecule has 1 fully saturated rings. The Labute approximate surface area is 76.0 Å². The van der Waals surface area contributed by atoms with Crippen LogP contribution in [0.1, 0.15) is 32.6 Å². The van der Waals surface area contributed by atoms with E-state index in [-0.39, 0.29) is 0 Å². The van der Waals surface area contributed by atoms with Crippen molar-refractivity contribution in [3.05, 3.63) is 0 Å². The molecule has 0 aromatic carbocycles. The molecule has 74 valence electrons. The Hall–Kier alpha value is -0.760. The highest BCUT2D eigenvalue weighted by atomic mass is 19.3. The van der Waals surface area contributed by atoms with Crippen LogP contribution in [0.4, 0.5) is 8.78 Å². The second kappa shape index (κ2) is 3.97. The monoisotopic (exact) mass is 189 g/mol. The van der Waals surface area contributed by atoms with Gasteiger partial charge in [-0.3, -0.25) is 0 Å². The summed E-state index contributed by atoms with van der Waals surface area (Å²) >= 11 is 0. The van der Waals surface area contributed by atoms with Gasteiger partial charge in [-0.05, 0) is 19.8 Å². The van der Waals surface area contributed by atoms with Gasteiger partial charge < -0.3 is 0 Å². The zero-order valence-electron chi connectivity index (χ0n) is 7.59. The first-order valence-electron chi connectivity index (χ1n) is 4.50. The van der Waals surface area contributed by atoms with Gasteiger partial charge in [-0.15, -0.1) is 0 Å². The molecule has 0 amide bonds. The Kier molecular flexibility index (Phi) is 3.15. The van der Waals surface area contributed by atoms with Crippen molar-refractivity contribution in [3.63, 3.8) is 0 Å². The lowest BCUT2D eigenvalue weighted by Gasteiger charge is -2.31. The van der Waals surface area contributed by atoms with Gasteiger partial charge in [0.05, 0.1) is 6.04 Å².